The van der Waals surface area contributed by atoms with Crippen molar-refractivity contribution in [3.63, 3.8) is 0 Å². The number of amides is 2. The molecule has 1 N–H and O–H groups in total. The second-order valence-corrected chi connectivity index (χ2v) is 11.4. The van der Waals surface area contributed by atoms with Gasteiger partial charge in [0.1, 0.15) is 5.60 Å². The van der Waals surface area contributed by atoms with Crippen LogP contribution in [-0.4, -0.2) is 48.4 Å². The maximum Gasteiger partial charge on any atom is 0.412 e. The van der Waals surface area contributed by atoms with E-state index in [0.29, 0.717) is 23.6 Å². The molecule has 1 aliphatic heterocycles. The Morgan fingerprint density at radius 2 is 1.75 bits per heavy atom. The number of methoxy groups -OCH3 is 1. The summed E-state index contributed by atoms with van der Waals surface area (Å²) in [6.45, 7) is 7.53. The fourth-order valence-electron chi connectivity index (χ4n) is 5.15. The van der Waals surface area contributed by atoms with Crippen molar-refractivity contribution in [3.8, 4) is 11.5 Å². The number of carbonyl (C=O) groups excluding carboxylic acids is 3. The van der Waals surface area contributed by atoms with Gasteiger partial charge in [-0.25, -0.2) is 9.59 Å². The van der Waals surface area contributed by atoms with Gasteiger partial charge in [-0.3, -0.25) is 10.1 Å². The smallest absolute Gasteiger partial charge is 0.412 e. The van der Waals surface area contributed by atoms with Gasteiger partial charge in [-0.1, -0.05) is 25.1 Å². The number of ether oxygens (including phenoxy) is 3. The van der Waals surface area contributed by atoms with Crippen LogP contribution < -0.4 is 14.8 Å². The van der Waals surface area contributed by atoms with E-state index in [4.69, 9.17) is 19.0 Å². The lowest BCUT2D eigenvalue weighted by Gasteiger charge is -2.21. The molecule has 1 heterocycles. The Morgan fingerprint density at radius 1 is 1.05 bits per heavy atom. The number of nitrogens with one attached hydrogen (secondary N) is 1. The van der Waals surface area contributed by atoms with Crippen LogP contribution in [-0.2, 0) is 19.2 Å². The lowest BCUT2D eigenvalue weighted by atomic mass is 9.96. The molecule has 0 spiro atoms. The Kier molecular flexibility index (Phi) is 9.22. The molecule has 2 aromatic carbocycles. The van der Waals surface area contributed by atoms with E-state index in [1.807, 2.05) is 25.1 Å². The Morgan fingerprint density at radius 3 is 2.38 bits per heavy atom. The van der Waals surface area contributed by atoms with E-state index < -0.39 is 23.6 Å². The molecular weight excluding hydrogens is 512 g/mol. The van der Waals surface area contributed by atoms with Gasteiger partial charge in [-0.2, -0.15) is 5.06 Å². The van der Waals surface area contributed by atoms with E-state index in [1.54, 1.807) is 52.1 Å². The minimum atomic E-state index is -0.605. The third-order valence-electron chi connectivity index (χ3n) is 7.19. The summed E-state index contributed by atoms with van der Waals surface area (Å²) in [6, 6.07) is 12.7. The van der Waals surface area contributed by atoms with E-state index in [-0.39, 0.29) is 30.9 Å². The van der Waals surface area contributed by atoms with Crippen LogP contribution in [0.2, 0.25) is 0 Å². The van der Waals surface area contributed by atoms with Crippen LogP contribution >= 0.6 is 0 Å². The standard InChI is InChI=1S/C31H40N2O7/c1-6-25(20-11-14-23(15-12-20)32-30(36)39-31(2,3)4)29(35)40-33-19-22(18-28(33)34)21-13-16-26(37-5)27(17-21)38-24-9-7-8-10-24/h11-17,22,24-25H,6-10,18-19H2,1-5H3,(H,32,36). The highest BCUT2D eigenvalue weighted by molar-refractivity contribution is 5.86. The van der Waals surface area contributed by atoms with Crippen LogP contribution in [0.1, 0.15) is 89.2 Å². The van der Waals surface area contributed by atoms with Crippen LogP contribution in [0.5, 0.6) is 11.5 Å². The first-order valence-electron chi connectivity index (χ1n) is 14.0. The molecule has 2 aromatic rings. The SMILES string of the molecule is CCC(C(=O)ON1CC(c2ccc(OC)c(OC3CCCC3)c2)CC1=O)c1ccc(NC(=O)OC(C)(C)C)cc1. The zero-order valence-electron chi connectivity index (χ0n) is 24.0. The number of carbonyl (C=O) groups is 3. The highest BCUT2D eigenvalue weighted by atomic mass is 16.7. The van der Waals surface area contributed by atoms with Crippen LogP contribution in [0.25, 0.3) is 0 Å². The Bertz CT molecular complexity index is 1200. The van der Waals surface area contributed by atoms with Crippen molar-refractivity contribution in [1.82, 2.24) is 5.06 Å². The third-order valence-corrected chi connectivity index (χ3v) is 7.19. The molecule has 1 saturated carbocycles. The summed E-state index contributed by atoms with van der Waals surface area (Å²) in [4.78, 5) is 43.6. The van der Waals surface area contributed by atoms with Crippen molar-refractivity contribution in [2.45, 2.75) is 89.8 Å². The molecule has 2 unspecified atom stereocenters. The van der Waals surface area contributed by atoms with Crippen molar-refractivity contribution in [2.24, 2.45) is 0 Å². The molecule has 2 fully saturated rings. The van der Waals surface area contributed by atoms with Gasteiger partial charge in [0.05, 0.1) is 25.7 Å². The zero-order chi connectivity index (χ0) is 28.9. The molecule has 40 heavy (non-hydrogen) atoms. The minimum absolute atomic E-state index is 0.129. The molecule has 0 bridgehead atoms. The van der Waals surface area contributed by atoms with E-state index in [0.717, 1.165) is 36.8 Å². The number of benzene rings is 2. The van der Waals surface area contributed by atoms with Crippen LogP contribution in [0, 0.1) is 0 Å². The number of nitrogens with zero attached hydrogens (tertiary/aromatic N) is 1. The molecule has 4 rings (SSSR count). The quantitative estimate of drug-likeness (QED) is 0.388. The van der Waals surface area contributed by atoms with E-state index in [2.05, 4.69) is 5.32 Å². The molecular formula is C31H40N2O7. The van der Waals surface area contributed by atoms with Crippen molar-refractivity contribution in [2.75, 3.05) is 19.0 Å². The Balaban J connectivity index is 1.38. The van der Waals surface area contributed by atoms with Crippen LogP contribution in [0.4, 0.5) is 10.5 Å². The highest BCUT2D eigenvalue weighted by Crippen LogP contribution is 2.37. The number of hydroxylamine groups is 2. The monoisotopic (exact) mass is 552 g/mol. The normalized spacial score (nSPS) is 18.4. The Hall–Kier alpha value is -3.75. The van der Waals surface area contributed by atoms with Gasteiger partial charge in [-0.05, 0) is 88.3 Å². The average Bonchev–Trinajstić information content (AvgIpc) is 3.54. The molecule has 216 valence electrons. The molecule has 2 atom stereocenters. The molecule has 0 radical (unpaired) electrons. The van der Waals surface area contributed by atoms with Crippen molar-refractivity contribution in [3.05, 3.63) is 53.6 Å². The molecule has 1 saturated heterocycles. The number of hydrogen-bond acceptors (Lipinski definition) is 7. The second kappa shape index (κ2) is 12.6. The van der Waals surface area contributed by atoms with Gasteiger partial charge >= 0.3 is 12.1 Å². The van der Waals surface area contributed by atoms with Gasteiger partial charge in [0.2, 0.25) is 0 Å². The largest absolute Gasteiger partial charge is 0.493 e. The van der Waals surface area contributed by atoms with Crippen LogP contribution in [0.15, 0.2) is 42.5 Å². The van der Waals surface area contributed by atoms with E-state index in [9.17, 15) is 14.4 Å². The zero-order valence-corrected chi connectivity index (χ0v) is 24.0. The molecule has 1 aliphatic carbocycles. The highest BCUT2D eigenvalue weighted by Gasteiger charge is 2.36. The van der Waals surface area contributed by atoms with Crippen molar-refractivity contribution >= 4 is 23.7 Å². The topological polar surface area (TPSA) is 103 Å². The average molecular weight is 553 g/mol. The number of anilines is 1. The van der Waals surface area contributed by atoms with Crippen molar-refractivity contribution < 1.29 is 33.4 Å². The summed E-state index contributed by atoms with van der Waals surface area (Å²) in [5.41, 5.74) is 1.62. The summed E-state index contributed by atoms with van der Waals surface area (Å²) in [5, 5.41) is 3.86. The third kappa shape index (κ3) is 7.46. The number of rotatable bonds is 9. The first-order valence-corrected chi connectivity index (χ1v) is 14.0. The van der Waals surface area contributed by atoms with Gasteiger partial charge in [-0.15, -0.1) is 0 Å². The fraction of sp³-hybridized carbons (Fsp3) is 0.516. The molecule has 9 nitrogen and oxygen atoms in total. The lowest BCUT2D eigenvalue weighted by molar-refractivity contribution is -0.194. The summed E-state index contributed by atoms with van der Waals surface area (Å²) in [5.74, 6) is -0.0689. The predicted octanol–water partition coefficient (Wildman–Crippen LogP) is 6.33. The maximum atomic E-state index is 13.1. The Labute approximate surface area is 236 Å². The lowest BCUT2D eigenvalue weighted by Crippen LogP contribution is -2.31. The van der Waals surface area contributed by atoms with Crippen LogP contribution in [0.3, 0.4) is 0 Å². The fourth-order valence-corrected chi connectivity index (χ4v) is 5.15. The first-order chi connectivity index (χ1) is 19.1. The first kappa shape index (κ1) is 29.2. The summed E-state index contributed by atoms with van der Waals surface area (Å²) < 4.78 is 17.0. The van der Waals surface area contributed by atoms with Gasteiger partial charge < -0.3 is 19.0 Å². The predicted molar refractivity (Wildman–Crippen MR) is 150 cm³/mol. The molecule has 0 aromatic heterocycles. The minimum Gasteiger partial charge on any atom is -0.493 e. The molecule has 2 amide bonds. The van der Waals surface area contributed by atoms with Crippen molar-refractivity contribution in [1.29, 1.82) is 0 Å². The maximum absolute atomic E-state index is 13.1. The summed E-state index contributed by atoms with van der Waals surface area (Å²) in [6.07, 6.45) is 4.74. The van der Waals surface area contributed by atoms with Gasteiger partial charge in [0, 0.05) is 18.0 Å². The van der Waals surface area contributed by atoms with E-state index in [1.165, 1.54) is 5.06 Å². The van der Waals surface area contributed by atoms with Gasteiger partial charge in [0.25, 0.3) is 5.91 Å². The van der Waals surface area contributed by atoms with E-state index >= 15 is 0 Å². The number of hydrogen-bond donors (Lipinski definition) is 1. The summed E-state index contributed by atoms with van der Waals surface area (Å²) in [7, 11) is 1.62. The molecule has 9 heteroatoms. The van der Waals surface area contributed by atoms with Gasteiger partial charge in [0.15, 0.2) is 11.5 Å². The summed E-state index contributed by atoms with van der Waals surface area (Å²) >= 11 is 0. The molecule has 2 aliphatic rings. The second-order valence-electron chi connectivity index (χ2n) is 11.4.